The molecule has 3 nitrogen and oxygen atoms in total. The molecule has 0 heterocycles. The van der Waals surface area contributed by atoms with Gasteiger partial charge in [-0.3, -0.25) is 4.79 Å². The molecule has 3 heteroatoms. The van der Waals surface area contributed by atoms with E-state index in [9.17, 15) is 4.79 Å². The molecule has 0 aliphatic rings. The third-order valence-electron chi connectivity index (χ3n) is 4.71. The van der Waals surface area contributed by atoms with Gasteiger partial charge in [0.05, 0.1) is 6.10 Å². The molecule has 2 rings (SSSR count). The van der Waals surface area contributed by atoms with E-state index in [1.807, 2.05) is 88.6 Å². The minimum atomic E-state index is -0.823. The van der Waals surface area contributed by atoms with E-state index in [0.717, 1.165) is 11.1 Å². The van der Waals surface area contributed by atoms with Gasteiger partial charge in [0.15, 0.2) is 0 Å². The summed E-state index contributed by atoms with van der Waals surface area (Å²) in [4.78, 5) is 15.5. The Morgan fingerprint density at radius 2 is 1.36 bits per heavy atom. The molecule has 0 amide bonds. The van der Waals surface area contributed by atoms with Gasteiger partial charge in [-0.15, -0.1) is 0 Å². The summed E-state index contributed by atoms with van der Waals surface area (Å²) in [5.74, 6) is -0.186. The Morgan fingerprint density at radius 3 is 1.72 bits per heavy atom. The van der Waals surface area contributed by atoms with Gasteiger partial charge in [-0.25, -0.2) is 0 Å². The van der Waals surface area contributed by atoms with Gasteiger partial charge in [-0.05, 0) is 52.4 Å². The fourth-order valence-corrected chi connectivity index (χ4v) is 3.11. The van der Waals surface area contributed by atoms with Crippen molar-refractivity contribution in [3.05, 3.63) is 71.8 Å². The van der Waals surface area contributed by atoms with Crippen molar-refractivity contribution in [1.29, 1.82) is 0 Å². The predicted molar refractivity (Wildman–Crippen MR) is 103 cm³/mol. The van der Waals surface area contributed by atoms with E-state index in [1.54, 1.807) is 0 Å². The maximum Gasteiger partial charge on any atom is 0.321 e. The van der Waals surface area contributed by atoms with Crippen molar-refractivity contribution in [1.82, 2.24) is 4.90 Å². The van der Waals surface area contributed by atoms with Gasteiger partial charge in [0.25, 0.3) is 0 Å². The molecular formula is C22H29NO2. The molecule has 0 aromatic heterocycles. The highest BCUT2D eigenvalue weighted by Crippen LogP contribution is 2.39. The molecule has 0 spiro atoms. The molecule has 134 valence electrons. The molecule has 0 bridgehead atoms. The Bertz CT molecular complexity index is 625. The van der Waals surface area contributed by atoms with Gasteiger partial charge < -0.3 is 9.64 Å². The number of nitrogens with zero attached hydrogens (tertiary/aromatic N) is 1. The summed E-state index contributed by atoms with van der Waals surface area (Å²) in [7, 11) is 4.08. The summed E-state index contributed by atoms with van der Waals surface area (Å²) in [6.07, 6.45) is 0.494. The molecule has 0 saturated heterocycles. The van der Waals surface area contributed by atoms with Crippen LogP contribution in [0, 0.1) is 0 Å². The Kier molecular flexibility index (Phi) is 6.38. The average molecular weight is 339 g/mol. The van der Waals surface area contributed by atoms with Gasteiger partial charge in [0, 0.05) is 6.04 Å². The Morgan fingerprint density at radius 1 is 0.920 bits per heavy atom. The molecule has 25 heavy (non-hydrogen) atoms. The molecular weight excluding hydrogens is 310 g/mol. The summed E-state index contributed by atoms with van der Waals surface area (Å²) in [5.41, 5.74) is 1.12. The molecule has 0 radical (unpaired) electrons. The van der Waals surface area contributed by atoms with E-state index < -0.39 is 5.41 Å². The maximum atomic E-state index is 13.4. The summed E-state index contributed by atoms with van der Waals surface area (Å²) in [6.45, 7) is 5.94. The number of carbonyl (C=O) groups is 1. The number of carbonyl (C=O) groups excluding carboxylic acids is 1. The van der Waals surface area contributed by atoms with E-state index in [2.05, 4.69) is 11.8 Å². The SMILES string of the molecule is CC(C)OC(=O)C(CC(C)N(C)C)(c1ccccc1)c1ccccc1. The molecule has 2 aromatic carbocycles. The van der Waals surface area contributed by atoms with E-state index in [4.69, 9.17) is 4.74 Å². The second-order valence-electron chi connectivity index (χ2n) is 7.11. The van der Waals surface area contributed by atoms with Crippen molar-refractivity contribution in [2.45, 2.75) is 44.8 Å². The lowest BCUT2D eigenvalue weighted by Gasteiger charge is -2.37. The number of hydrogen-bond acceptors (Lipinski definition) is 3. The molecule has 0 N–H and O–H groups in total. The van der Waals surface area contributed by atoms with Crippen LogP contribution < -0.4 is 0 Å². The molecule has 1 unspecified atom stereocenters. The fourth-order valence-electron chi connectivity index (χ4n) is 3.11. The Hall–Kier alpha value is -2.13. The largest absolute Gasteiger partial charge is 0.462 e. The van der Waals surface area contributed by atoms with Crippen LogP contribution in [-0.2, 0) is 14.9 Å². The normalized spacial score (nSPS) is 13.1. The van der Waals surface area contributed by atoms with Crippen LogP contribution in [0.25, 0.3) is 0 Å². The van der Waals surface area contributed by atoms with Crippen molar-refractivity contribution in [2.24, 2.45) is 0 Å². The van der Waals surface area contributed by atoms with Crippen LogP contribution >= 0.6 is 0 Å². The first-order chi connectivity index (χ1) is 11.9. The van der Waals surface area contributed by atoms with E-state index in [1.165, 1.54) is 0 Å². The summed E-state index contributed by atoms with van der Waals surface area (Å²) in [5, 5.41) is 0. The summed E-state index contributed by atoms with van der Waals surface area (Å²) >= 11 is 0. The van der Waals surface area contributed by atoms with Crippen LogP contribution in [-0.4, -0.2) is 37.1 Å². The summed E-state index contributed by atoms with van der Waals surface area (Å²) < 4.78 is 5.75. The van der Waals surface area contributed by atoms with E-state index >= 15 is 0 Å². The van der Waals surface area contributed by atoms with Gasteiger partial charge in [0.2, 0.25) is 0 Å². The number of ether oxygens (including phenoxy) is 1. The summed E-state index contributed by atoms with van der Waals surface area (Å²) in [6, 6.07) is 20.2. The first kappa shape index (κ1) is 19.2. The number of benzene rings is 2. The standard InChI is InChI=1S/C22H29NO2/c1-17(2)25-21(24)22(16-18(3)23(4)5,19-12-8-6-9-13-19)20-14-10-7-11-15-20/h6-15,17-18H,16H2,1-5H3. The lowest BCUT2D eigenvalue weighted by atomic mass is 9.70. The highest BCUT2D eigenvalue weighted by molar-refractivity contribution is 5.88. The number of esters is 1. The van der Waals surface area contributed by atoms with Crippen molar-refractivity contribution in [3.63, 3.8) is 0 Å². The van der Waals surface area contributed by atoms with Crippen LogP contribution in [0.3, 0.4) is 0 Å². The van der Waals surface area contributed by atoms with Crippen LogP contribution in [0.2, 0.25) is 0 Å². The van der Waals surface area contributed by atoms with Crippen molar-refractivity contribution in [3.8, 4) is 0 Å². The molecule has 1 atom stereocenters. The van der Waals surface area contributed by atoms with Crippen molar-refractivity contribution < 1.29 is 9.53 Å². The van der Waals surface area contributed by atoms with Gasteiger partial charge in [-0.1, -0.05) is 60.7 Å². The van der Waals surface area contributed by atoms with E-state index in [0.29, 0.717) is 6.42 Å². The van der Waals surface area contributed by atoms with Crippen LogP contribution in [0.1, 0.15) is 38.3 Å². The highest BCUT2D eigenvalue weighted by atomic mass is 16.5. The number of hydrogen-bond donors (Lipinski definition) is 0. The average Bonchev–Trinajstić information content (AvgIpc) is 2.60. The lowest BCUT2D eigenvalue weighted by molar-refractivity contribution is -0.153. The third-order valence-corrected chi connectivity index (χ3v) is 4.71. The predicted octanol–water partition coefficient (Wildman–Crippen LogP) is 4.26. The third kappa shape index (κ3) is 4.29. The molecule has 0 aliphatic heterocycles. The van der Waals surface area contributed by atoms with Gasteiger partial charge in [-0.2, -0.15) is 0 Å². The number of rotatable bonds is 7. The Balaban J connectivity index is 2.66. The zero-order valence-electron chi connectivity index (χ0n) is 15.9. The first-order valence-corrected chi connectivity index (χ1v) is 8.86. The fraction of sp³-hybridized carbons (Fsp3) is 0.409. The van der Waals surface area contributed by atoms with Gasteiger partial charge >= 0.3 is 5.97 Å². The second-order valence-corrected chi connectivity index (χ2v) is 7.11. The van der Waals surface area contributed by atoms with Crippen molar-refractivity contribution in [2.75, 3.05) is 14.1 Å². The maximum absolute atomic E-state index is 13.4. The molecule has 0 fully saturated rings. The molecule has 0 saturated carbocycles. The minimum Gasteiger partial charge on any atom is -0.462 e. The molecule has 2 aromatic rings. The van der Waals surface area contributed by atoms with E-state index in [-0.39, 0.29) is 18.1 Å². The zero-order valence-corrected chi connectivity index (χ0v) is 15.9. The topological polar surface area (TPSA) is 29.5 Å². The van der Waals surface area contributed by atoms with Crippen LogP contribution in [0.4, 0.5) is 0 Å². The van der Waals surface area contributed by atoms with Crippen molar-refractivity contribution >= 4 is 5.97 Å². The first-order valence-electron chi connectivity index (χ1n) is 8.86. The highest BCUT2D eigenvalue weighted by Gasteiger charge is 2.45. The Labute approximate surface area is 151 Å². The second kappa shape index (κ2) is 8.30. The van der Waals surface area contributed by atoms with Crippen LogP contribution in [0.15, 0.2) is 60.7 Å². The smallest absolute Gasteiger partial charge is 0.321 e. The zero-order chi connectivity index (χ0) is 18.4. The van der Waals surface area contributed by atoms with Crippen LogP contribution in [0.5, 0.6) is 0 Å². The molecule has 0 aliphatic carbocycles. The quantitative estimate of drug-likeness (QED) is 0.706. The minimum absolute atomic E-state index is 0.158. The monoisotopic (exact) mass is 339 g/mol. The lowest BCUT2D eigenvalue weighted by Crippen LogP contribution is -2.44. The van der Waals surface area contributed by atoms with Gasteiger partial charge in [0.1, 0.15) is 5.41 Å².